The van der Waals surface area contributed by atoms with Crippen LogP contribution in [-0.2, 0) is 9.59 Å². The Hall–Kier alpha value is -2.16. The molecule has 2 bridgehead atoms. The SMILES string of the molecule is N#CC1CCCN1C(=O)CNC1C[C@@H]2CC[C@@](NCC(=O)N3CCCC3C#N)(C1)C2. The van der Waals surface area contributed by atoms with E-state index in [4.69, 9.17) is 0 Å². The Bertz CT molecular complexity index is 758. The van der Waals surface area contributed by atoms with E-state index in [9.17, 15) is 20.1 Å². The fourth-order valence-corrected chi connectivity index (χ4v) is 6.07. The highest BCUT2D eigenvalue weighted by atomic mass is 16.2. The second-order valence-electron chi connectivity index (χ2n) is 9.51. The summed E-state index contributed by atoms with van der Waals surface area (Å²) in [4.78, 5) is 28.6. The van der Waals surface area contributed by atoms with E-state index >= 15 is 0 Å². The van der Waals surface area contributed by atoms with Crippen LogP contribution in [0.3, 0.4) is 0 Å². The third-order valence-corrected chi connectivity index (χ3v) is 7.57. The molecule has 2 saturated heterocycles. The van der Waals surface area contributed by atoms with Gasteiger partial charge in [-0.15, -0.1) is 0 Å². The van der Waals surface area contributed by atoms with Gasteiger partial charge < -0.3 is 20.4 Å². The van der Waals surface area contributed by atoms with Crippen molar-refractivity contribution in [3.63, 3.8) is 0 Å². The number of carbonyl (C=O) groups is 2. The summed E-state index contributed by atoms with van der Waals surface area (Å²) in [5.41, 5.74) is -0.0516. The molecular weight excluding hydrogens is 380 g/mol. The monoisotopic (exact) mass is 412 g/mol. The molecule has 2 aliphatic carbocycles. The number of carbonyl (C=O) groups excluding carboxylic acids is 2. The third kappa shape index (κ3) is 4.31. The molecule has 30 heavy (non-hydrogen) atoms. The summed E-state index contributed by atoms with van der Waals surface area (Å²) in [6.45, 7) is 1.93. The number of nitrogens with one attached hydrogen (secondary N) is 2. The van der Waals surface area contributed by atoms with Crippen LogP contribution in [0.25, 0.3) is 0 Å². The van der Waals surface area contributed by atoms with Crippen LogP contribution in [-0.4, -0.2) is 71.5 Å². The van der Waals surface area contributed by atoms with Crippen molar-refractivity contribution in [3.05, 3.63) is 0 Å². The number of fused-ring (bicyclic) bond motifs is 2. The average Bonchev–Trinajstić information content (AvgIpc) is 3.49. The highest BCUT2D eigenvalue weighted by molar-refractivity contribution is 5.79. The van der Waals surface area contributed by atoms with Crippen LogP contribution in [0.1, 0.15) is 57.8 Å². The minimum absolute atomic E-state index is 0.0192. The summed E-state index contributed by atoms with van der Waals surface area (Å²) < 4.78 is 0. The van der Waals surface area contributed by atoms with Gasteiger partial charge in [-0.3, -0.25) is 9.59 Å². The van der Waals surface area contributed by atoms with Crippen molar-refractivity contribution < 1.29 is 9.59 Å². The molecule has 8 nitrogen and oxygen atoms in total. The summed E-state index contributed by atoms with van der Waals surface area (Å²) in [5.74, 6) is 0.663. The first-order valence-corrected chi connectivity index (χ1v) is 11.4. The van der Waals surface area contributed by atoms with Gasteiger partial charge in [-0.1, -0.05) is 0 Å². The van der Waals surface area contributed by atoms with Crippen LogP contribution in [0.4, 0.5) is 0 Å². The quantitative estimate of drug-likeness (QED) is 0.670. The van der Waals surface area contributed by atoms with Gasteiger partial charge in [0.15, 0.2) is 0 Å². The van der Waals surface area contributed by atoms with Crippen LogP contribution in [0.15, 0.2) is 0 Å². The van der Waals surface area contributed by atoms with Gasteiger partial charge in [0.1, 0.15) is 12.1 Å². The molecule has 0 spiro atoms. The summed E-state index contributed by atoms with van der Waals surface area (Å²) in [5, 5.41) is 25.4. The molecule has 0 aromatic rings. The molecule has 0 aromatic heterocycles. The maximum absolute atomic E-state index is 12.7. The van der Waals surface area contributed by atoms with Gasteiger partial charge in [-0.05, 0) is 63.7 Å². The molecule has 4 rings (SSSR count). The van der Waals surface area contributed by atoms with Crippen molar-refractivity contribution in [1.29, 1.82) is 10.5 Å². The first-order valence-electron chi connectivity index (χ1n) is 11.4. The second-order valence-corrected chi connectivity index (χ2v) is 9.51. The molecule has 0 radical (unpaired) electrons. The molecule has 3 unspecified atom stereocenters. The van der Waals surface area contributed by atoms with Crippen molar-refractivity contribution in [2.45, 2.75) is 81.5 Å². The van der Waals surface area contributed by atoms with Crippen LogP contribution < -0.4 is 10.6 Å². The van der Waals surface area contributed by atoms with Crippen LogP contribution in [0.5, 0.6) is 0 Å². The van der Waals surface area contributed by atoms with E-state index in [1.54, 1.807) is 9.80 Å². The normalized spacial score (nSPS) is 35.3. The molecule has 5 atom stereocenters. The van der Waals surface area contributed by atoms with E-state index < -0.39 is 0 Å². The molecule has 0 aromatic carbocycles. The van der Waals surface area contributed by atoms with E-state index in [0.29, 0.717) is 19.0 Å². The maximum atomic E-state index is 12.7. The molecule has 8 heteroatoms. The smallest absolute Gasteiger partial charge is 0.237 e. The molecule has 4 aliphatic rings. The Morgan fingerprint density at radius 2 is 1.57 bits per heavy atom. The molecule has 2 heterocycles. The van der Waals surface area contributed by atoms with Crippen molar-refractivity contribution in [2.75, 3.05) is 26.2 Å². The Morgan fingerprint density at radius 3 is 2.20 bits per heavy atom. The Kier molecular flexibility index (Phi) is 6.26. The largest absolute Gasteiger partial charge is 0.326 e. The third-order valence-electron chi connectivity index (χ3n) is 7.57. The predicted molar refractivity (Wildman–Crippen MR) is 110 cm³/mol. The molecule has 4 fully saturated rings. The lowest BCUT2D eigenvalue weighted by Gasteiger charge is -2.39. The van der Waals surface area contributed by atoms with Gasteiger partial charge in [0.05, 0.1) is 25.2 Å². The first-order chi connectivity index (χ1) is 14.5. The minimum Gasteiger partial charge on any atom is -0.326 e. The molecule has 2 saturated carbocycles. The zero-order valence-electron chi connectivity index (χ0n) is 17.6. The van der Waals surface area contributed by atoms with Crippen LogP contribution in [0, 0.1) is 28.6 Å². The van der Waals surface area contributed by atoms with Gasteiger partial charge in [0, 0.05) is 24.7 Å². The zero-order valence-corrected chi connectivity index (χ0v) is 17.6. The number of hydrogen-bond donors (Lipinski definition) is 2. The highest BCUT2D eigenvalue weighted by Gasteiger charge is 2.46. The standard InChI is InChI=1S/C22H32N6O2/c23-12-18-3-1-7-27(18)20(29)14-25-17-9-16-5-6-22(10-16,11-17)26-15-21(30)28-8-2-4-19(28)13-24/h16-19,25-26H,1-11,14-15H2/t16-,17?,18?,19?,22-/m0/s1. The van der Waals surface area contributed by atoms with Gasteiger partial charge in [0.25, 0.3) is 0 Å². The zero-order chi connectivity index (χ0) is 21.1. The van der Waals surface area contributed by atoms with E-state index in [2.05, 4.69) is 22.8 Å². The first kappa shape index (κ1) is 21.1. The minimum atomic E-state index is -0.275. The summed E-state index contributed by atoms with van der Waals surface area (Å²) in [6, 6.07) is 4.17. The van der Waals surface area contributed by atoms with E-state index in [-0.39, 0.29) is 48.6 Å². The van der Waals surface area contributed by atoms with Crippen molar-refractivity contribution >= 4 is 11.8 Å². The number of hydrogen-bond acceptors (Lipinski definition) is 6. The molecule has 162 valence electrons. The topological polar surface area (TPSA) is 112 Å². The molecular formula is C22H32N6O2. The van der Waals surface area contributed by atoms with Crippen molar-refractivity contribution in [1.82, 2.24) is 20.4 Å². The lowest BCUT2D eigenvalue weighted by atomic mass is 9.79. The second kappa shape index (κ2) is 8.91. The number of amides is 2. The molecule has 2 N–H and O–H groups in total. The predicted octanol–water partition coefficient (Wildman–Crippen LogP) is 0.896. The lowest BCUT2D eigenvalue weighted by Crippen LogP contribution is -2.55. The average molecular weight is 413 g/mol. The molecule has 2 aliphatic heterocycles. The summed E-state index contributed by atoms with van der Waals surface area (Å²) >= 11 is 0. The lowest BCUT2D eigenvalue weighted by molar-refractivity contribution is -0.131. The number of nitrogens with zero attached hydrogens (tertiary/aromatic N) is 4. The Labute approximate surface area is 178 Å². The fourth-order valence-electron chi connectivity index (χ4n) is 6.07. The number of nitriles is 2. The van der Waals surface area contributed by atoms with E-state index in [1.165, 1.54) is 0 Å². The van der Waals surface area contributed by atoms with Gasteiger partial charge in [-0.2, -0.15) is 10.5 Å². The van der Waals surface area contributed by atoms with Crippen LogP contribution >= 0.6 is 0 Å². The van der Waals surface area contributed by atoms with Crippen molar-refractivity contribution in [3.8, 4) is 12.1 Å². The Morgan fingerprint density at radius 1 is 0.933 bits per heavy atom. The van der Waals surface area contributed by atoms with Crippen molar-refractivity contribution in [2.24, 2.45) is 5.92 Å². The number of rotatable bonds is 6. The van der Waals surface area contributed by atoms with Gasteiger partial charge in [0.2, 0.25) is 11.8 Å². The summed E-state index contributed by atoms with van der Waals surface area (Å²) in [6.07, 6.45) is 8.62. The van der Waals surface area contributed by atoms with E-state index in [1.807, 2.05) is 0 Å². The summed E-state index contributed by atoms with van der Waals surface area (Å²) in [7, 11) is 0. The maximum Gasteiger partial charge on any atom is 0.237 e. The van der Waals surface area contributed by atoms with Crippen LogP contribution in [0.2, 0.25) is 0 Å². The van der Waals surface area contributed by atoms with E-state index in [0.717, 1.165) is 57.8 Å². The fraction of sp³-hybridized carbons (Fsp3) is 0.818. The van der Waals surface area contributed by atoms with Gasteiger partial charge in [-0.25, -0.2) is 0 Å². The molecule has 2 amide bonds. The highest BCUT2D eigenvalue weighted by Crippen LogP contribution is 2.45. The number of likely N-dealkylation sites (tertiary alicyclic amines) is 2. The Balaban J connectivity index is 1.29. The van der Waals surface area contributed by atoms with Gasteiger partial charge >= 0.3 is 0 Å².